The fraction of sp³-hybridized carbons (Fsp3) is 0.0909. The number of nitrogens with zero attached hydrogens (tertiary/aromatic N) is 1. The fourth-order valence-electron chi connectivity index (χ4n) is 3.12. The number of aromatic carboxylic acids is 1. The van der Waals surface area contributed by atoms with E-state index in [1.165, 1.54) is 0 Å². The molecule has 0 spiro atoms. The number of thiophene rings is 1. The van der Waals surface area contributed by atoms with Gasteiger partial charge < -0.3 is 14.9 Å². The first-order chi connectivity index (χ1) is 14.0. The van der Waals surface area contributed by atoms with Gasteiger partial charge in [-0.1, -0.05) is 35.0 Å². The molecule has 0 fully saturated rings. The Hall–Kier alpha value is -3.09. The van der Waals surface area contributed by atoms with Crippen LogP contribution < -0.4 is 5.32 Å². The molecule has 0 radical (unpaired) electrons. The first kappa shape index (κ1) is 19.2. The number of aryl methyl sites for hydroxylation is 1. The molecule has 0 aliphatic heterocycles. The predicted molar refractivity (Wildman–Crippen MR) is 116 cm³/mol. The van der Waals surface area contributed by atoms with Crippen LogP contribution in [0.25, 0.3) is 21.9 Å². The van der Waals surface area contributed by atoms with E-state index in [1.807, 2.05) is 42.6 Å². The molecule has 146 valence electrons. The second kappa shape index (κ2) is 8.11. The Balaban J connectivity index is 1.72. The van der Waals surface area contributed by atoms with Gasteiger partial charge in [0.1, 0.15) is 5.69 Å². The number of benzene rings is 2. The van der Waals surface area contributed by atoms with Gasteiger partial charge in [-0.2, -0.15) is 0 Å². The summed E-state index contributed by atoms with van der Waals surface area (Å²) in [7, 11) is 0. The Kier molecular flexibility index (Phi) is 5.38. The van der Waals surface area contributed by atoms with Crippen molar-refractivity contribution in [2.45, 2.75) is 13.5 Å². The van der Waals surface area contributed by atoms with E-state index in [-0.39, 0.29) is 5.56 Å². The van der Waals surface area contributed by atoms with Gasteiger partial charge in [-0.05, 0) is 54.3 Å². The molecule has 5 nitrogen and oxygen atoms in total. The smallest absolute Gasteiger partial charge is 0.335 e. The molecule has 4 rings (SSSR count). The van der Waals surface area contributed by atoms with Gasteiger partial charge in [0.15, 0.2) is 5.76 Å². The van der Waals surface area contributed by atoms with Gasteiger partial charge in [0.25, 0.3) is 0 Å². The normalized spacial score (nSPS) is 10.8. The van der Waals surface area contributed by atoms with Crippen molar-refractivity contribution in [1.29, 1.82) is 0 Å². The quantitative estimate of drug-likeness (QED) is 0.377. The molecule has 2 aromatic carbocycles. The van der Waals surface area contributed by atoms with Crippen LogP contribution in [0.3, 0.4) is 0 Å². The molecule has 2 N–H and O–H groups in total. The van der Waals surface area contributed by atoms with Crippen molar-refractivity contribution in [3.63, 3.8) is 0 Å². The van der Waals surface area contributed by atoms with Gasteiger partial charge in [-0.25, -0.2) is 4.79 Å². The van der Waals surface area contributed by atoms with E-state index in [9.17, 15) is 4.79 Å². The van der Waals surface area contributed by atoms with Crippen molar-refractivity contribution in [3.05, 3.63) is 81.7 Å². The number of carboxylic acids is 1. The Morgan fingerprint density at radius 2 is 1.97 bits per heavy atom. The molecule has 2 aromatic heterocycles. The number of nitrogens with one attached hydrogen (secondary N) is 1. The molecule has 0 bridgehead atoms. The number of hydrogen-bond donors (Lipinski definition) is 2. The summed E-state index contributed by atoms with van der Waals surface area (Å²) in [6.07, 6.45) is 0. The van der Waals surface area contributed by atoms with Crippen LogP contribution in [0.4, 0.5) is 5.69 Å². The summed E-state index contributed by atoms with van der Waals surface area (Å²) in [6.45, 7) is 2.44. The molecule has 7 heteroatoms. The van der Waals surface area contributed by atoms with Crippen LogP contribution in [0.1, 0.15) is 21.5 Å². The van der Waals surface area contributed by atoms with Crippen molar-refractivity contribution in [2.24, 2.45) is 0 Å². The number of anilines is 1. The van der Waals surface area contributed by atoms with Crippen LogP contribution in [-0.2, 0) is 6.54 Å². The summed E-state index contributed by atoms with van der Waals surface area (Å²) >= 11 is 8.05. The maximum Gasteiger partial charge on any atom is 0.335 e. The molecule has 0 aliphatic rings. The minimum absolute atomic E-state index is 0.243. The second-order valence-electron chi connectivity index (χ2n) is 6.48. The summed E-state index contributed by atoms with van der Waals surface area (Å²) < 4.78 is 5.73. The molecule has 0 saturated heterocycles. The largest absolute Gasteiger partial charge is 0.478 e. The standard InChI is InChI=1S/C22H17ClN2O3S/c1-13-4-2-5-17(23)19(13)20-16(21(28-25-20)18-6-3-11-29-18)12-24-15-9-7-14(8-10-15)22(26)27/h2-11,24H,12H2,1H3,(H,26,27). The average Bonchev–Trinajstić information content (AvgIpc) is 3.36. The number of hydrogen-bond acceptors (Lipinski definition) is 5. The monoisotopic (exact) mass is 424 g/mol. The number of halogens is 1. The van der Waals surface area contributed by atoms with Crippen LogP contribution in [0.2, 0.25) is 5.02 Å². The zero-order chi connectivity index (χ0) is 20.4. The van der Waals surface area contributed by atoms with Crippen LogP contribution in [0.5, 0.6) is 0 Å². The van der Waals surface area contributed by atoms with Crippen molar-refractivity contribution in [3.8, 4) is 21.9 Å². The molecule has 0 amide bonds. The lowest BCUT2D eigenvalue weighted by atomic mass is 10.0. The highest BCUT2D eigenvalue weighted by Gasteiger charge is 2.22. The van der Waals surface area contributed by atoms with Crippen LogP contribution in [-0.4, -0.2) is 16.2 Å². The summed E-state index contributed by atoms with van der Waals surface area (Å²) in [5.41, 5.74) is 4.49. The highest BCUT2D eigenvalue weighted by Crippen LogP contribution is 2.39. The minimum Gasteiger partial charge on any atom is -0.478 e. The number of carboxylic acid groups (broad SMARTS) is 1. The Morgan fingerprint density at radius 1 is 1.17 bits per heavy atom. The Bertz CT molecular complexity index is 1130. The average molecular weight is 425 g/mol. The number of rotatable bonds is 6. The van der Waals surface area contributed by atoms with E-state index in [1.54, 1.807) is 35.6 Å². The lowest BCUT2D eigenvalue weighted by molar-refractivity contribution is 0.0697. The third-order valence-corrected chi connectivity index (χ3v) is 5.78. The maximum absolute atomic E-state index is 11.0. The lowest BCUT2D eigenvalue weighted by Crippen LogP contribution is -2.03. The van der Waals surface area contributed by atoms with E-state index in [2.05, 4.69) is 10.5 Å². The second-order valence-corrected chi connectivity index (χ2v) is 7.84. The molecule has 2 heterocycles. The molecular formula is C22H17ClN2O3S. The Labute approximate surface area is 176 Å². The summed E-state index contributed by atoms with van der Waals surface area (Å²) in [5, 5.41) is 19.3. The lowest BCUT2D eigenvalue weighted by Gasteiger charge is -2.10. The van der Waals surface area contributed by atoms with Crippen molar-refractivity contribution in [2.75, 3.05) is 5.32 Å². The van der Waals surface area contributed by atoms with Gasteiger partial charge in [0.2, 0.25) is 0 Å². The van der Waals surface area contributed by atoms with Crippen LogP contribution in [0.15, 0.2) is 64.5 Å². The molecule has 0 atom stereocenters. The number of carbonyl (C=O) groups is 1. The van der Waals surface area contributed by atoms with E-state index in [0.29, 0.717) is 23.0 Å². The third kappa shape index (κ3) is 3.90. The van der Waals surface area contributed by atoms with Gasteiger partial charge in [0, 0.05) is 23.4 Å². The van der Waals surface area contributed by atoms with E-state index >= 15 is 0 Å². The van der Waals surface area contributed by atoms with E-state index in [0.717, 1.165) is 27.3 Å². The first-order valence-corrected chi connectivity index (χ1v) is 10.2. The van der Waals surface area contributed by atoms with Crippen LogP contribution in [0, 0.1) is 6.92 Å². The van der Waals surface area contributed by atoms with E-state index < -0.39 is 5.97 Å². The summed E-state index contributed by atoms with van der Waals surface area (Å²) in [5.74, 6) is -0.254. The molecule has 0 saturated carbocycles. The summed E-state index contributed by atoms with van der Waals surface area (Å²) in [4.78, 5) is 12.0. The maximum atomic E-state index is 11.0. The highest BCUT2D eigenvalue weighted by atomic mass is 35.5. The van der Waals surface area contributed by atoms with Gasteiger partial charge >= 0.3 is 5.97 Å². The molecule has 0 unspecified atom stereocenters. The zero-order valence-corrected chi connectivity index (χ0v) is 17.1. The molecule has 0 aliphatic carbocycles. The fourth-order valence-corrected chi connectivity index (χ4v) is 4.16. The van der Waals surface area contributed by atoms with Gasteiger partial charge in [-0.3, -0.25) is 0 Å². The first-order valence-electron chi connectivity index (χ1n) is 8.89. The zero-order valence-electron chi connectivity index (χ0n) is 15.5. The topological polar surface area (TPSA) is 75.4 Å². The Morgan fingerprint density at radius 3 is 2.62 bits per heavy atom. The van der Waals surface area contributed by atoms with Gasteiger partial charge in [-0.15, -0.1) is 11.3 Å². The van der Waals surface area contributed by atoms with Crippen molar-refractivity contribution < 1.29 is 14.4 Å². The summed E-state index contributed by atoms with van der Waals surface area (Å²) in [6, 6.07) is 16.3. The van der Waals surface area contributed by atoms with Crippen molar-refractivity contribution in [1.82, 2.24) is 5.16 Å². The van der Waals surface area contributed by atoms with Gasteiger partial charge in [0.05, 0.1) is 15.5 Å². The highest BCUT2D eigenvalue weighted by molar-refractivity contribution is 7.13. The predicted octanol–water partition coefficient (Wildman–Crippen LogP) is 6.34. The molecule has 29 heavy (non-hydrogen) atoms. The SMILES string of the molecule is Cc1cccc(Cl)c1-c1noc(-c2cccs2)c1CNc1ccc(C(=O)O)cc1. The van der Waals surface area contributed by atoms with Crippen molar-refractivity contribution >= 4 is 34.6 Å². The number of aromatic nitrogens is 1. The molecular weight excluding hydrogens is 408 g/mol. The molecule has 4 aromatic rings. The third-order valence-electron chi connectivity index (χ3n) is 4.59. The van der Waals surface area contributed by atoms with E-state index in [4.69, 9.17) is 21.2 Å². The minimum atomic E-state index is -0.952. The van der Waals surface area contributed by atoms with Crippen LogP contribution >= 0.6 is 22.9 Å².